The predicted molar refractivity (Wildman–Crippen MR) is 93.7 cm³/mol. The molecular weight excluding hydrogens is 304 g/mol. The van der Waals surface area contributed by atoms with Crippen LogP contribution < -0.4 is 15.0 Å². The van der Waals surface area contributed by atoms with Crippen molar-refractivity contribution in [3.05, 3.63) is 53.6 Å². The summed E-state index contributed by atoms with van der Waals surface area (Å²) in [4.78, 5) is 26.5. The van der Waals surface area contributed by atoms with Gasteiger partial charge in [0, 0.05) is 13.0 Å². The molecule has 1 N–H and O–H groups in total. The lowest BCUT2D eigenvalue weighted by Crippen LogP contribution is -2.27. The fourth-order valence-corrected chi connectivity index (χ4v) is 2.91. The van der Waals surface area contributed by atoms with Gasteiger partial charge >= 0.3 is 0 Å². The van der Waals surface area contributed by atoms with Crippen molar-refractivity contribution in [1.82, 2.24) is 0 Å². The van der Waals surface area contributed by atoms with E-state index in [0.29, 0.717) is 35.7 Å². The lowest BCUT2D eigenvalue weighted by Gasteiger charge is -2.19. The molecule has 2 aromatic rings. The first-order valence-electron chi connectivity index (χ1n) is 7.95. The van der Waals surface area contributed by atoms with Crippen molar-refractivity contribution in [3.8, 4) is 5.75 Å². The summed E-state index contributed by atoms with van der Waals surface area (Å²) in [5, 5.41) is 2.90. The maximum absolute atomic E-state index is 12.8. The molecule has 0 aromatic heterocycles. The summed E-state index contributed by atoms with van der Waals surface area (Å²) in [6, 6.07) is 12.8. The van der Waals surface area contributed by atoms with E-state index in [1.54, 1.807) is 24.1 Å². The third kappa shape index (κ3) is 3.11. The van der Waals surface area contributed by atoms with Gasteiger partial charge in [-0.3, -0.25) is 9.59 Å². The van der Waals surface area contributed by atoms with Crippen LogP contribution in [0.4, 0.5) is 11.4 Å². The van der Waals surface area contributed by atoms with Crippen molar-refractivity contribution in [2.75, 3.05) is 23.9 Å². The van der Waals surface area contributed by atoms with E-state index in [4.69, 9.17) is 4.74 Å². The topological polar surface area (TPSA) is 58.6 Å². The smallest absolute Gasteiger partial charge is 0.257 e. The lowest BCUT2D eigenvalue weighted by atomic mass is 10.1. The third-order valence-corrected chi connectivity index (χ3v) is 4.12. The molecule has 0 radical (unpaired) electrons. The molecule has 5 nitrogen and oxygen atoms in total. The number of para-hydroxylation sites is 1. The molecule has 2 aromatic carbocycles. The Kier molecular flexibility index (Phi) is 4.51. The number of carbonyl (C=O) groups is 2. The molecule has 0 bridgehead atoms. The SMILES string of the molecule is COc1ccc(C)cc1NC(=O)c1ccccc1N1CCCC1=O. The number of amides is 2. The van der Waals surface area contributed by atoms with Crippen LogP contribution in [0.5, 0.6) is 5.75 Å². The predicted octanol–water partition coefficient (Wildman–Crippen LogP) is 3.38. The molecule has 0 saturated carbocycles. The second-order valence-corrected chi connectivity index (χ2v) is 5.82. The molecule has 1 heterocycles. The Morgan fingerprint density at radius 3 is 2.71 bits per heavy atom. The number of nitrogens with one attached hydrogen (secondary N) is 1. The Morgan fingerprint density at radius 1 is 1.21 bits per heavy atom. The van der Waals surface area contributed by atoms with Crippen molar-refractivity contribution in [2.24, 2.45) is 0 Å². The van der Waals surface area contributed by atoms with Gasteiger partial charge in [0.25, 0.3) is 5.91 Å². The van der Waals surface area contributed by atoms with Crippen molar-refractivity contribution >= 4 is 23.2 Å². The van der Waals surface area contributed by atoms with Crippen molar-refractivity contribution in [2.45, 2.75) is 19.8 Å². The Labute approximate surface area is 141 Å². The average Bonchev–Trinajstić information content (AvgIpc) is 3.01. The molecule has 0 spiro atoms. The van der Waals surface area contributed by atoms with E-state index in [1.807, 2.05) is 37.3 Å². The Bertz CT molecular complexity index is 786. The molecule has 1 aliphatic rings. The maximum atomic E-state index is 12.8. The summed E-state index contributed by atoms with van der Waals surface area (Å²) in [5.41, 5.74) is 2.78. The second kappa shape index (κ2) is 6.74. The van der Waals surface area contributed by atoms with Gasteiger partial charge in [0.15, 0.2) is 0 Å². The fraction of sp³-hybridized carbons (Fsp3) is 0.263. The Balaban J connectivity index is 1.91. The number of nitrogens with zero attached hydrogens (tertiary/aromatic N) is 1. The van der Waals surface area contributed by atoms with Crippen LogP contribution >= 0.6 is 0 Å². The number of methoxy groups -OCH3 is 1. The molecule has 24 heavy (non-hydrogen) atoms. The van der Waals surface area contributed by atoms with E-state index in [0.717, 1.165) is 12.0 Å². The monoisotopic (exact) mass is 324 g/mol. The molecule has 124 valence electrons. The molecule has 5 heteroatoms. The molecule has 0 unspecified atom stereocenters. The van der Waals surface area contributed by atoms with Gasteiger partial charge in [-0.2, -0.15) is 0 Å². The largest absolute Gasteiger partial charge is 0.495 e. The zero-order valence-electron chi connectivity index (χ0n) is 13.8. The molecule has 1 aliphatic heterocycles. The van der Waals surface area contributed by atoms with E-state index in [-0.39, 0.29) is 11.8 Å². The maximum Gasteiger partial charge on any atom is 0.257 e. The van der Waals surface area contributed by atoms with Crippen LogP contribution in [0.25, 0.3) is 0 Å². The number of hydrogen-bond acceptors (Lipinski definition) is 3. The van der Waals surface area contributed by atoms with Crippen molar-refractivity contribution in [3.63, 3.8) is 0 Å². The Morgan fingerprint density at radius 2 is 2.00 bits per heavy atom. The molecule has 3 rings (SSSR count). The van der Waals surface area contributed by atoms with Gasteiger partial charge in [0.2, 0.25) is 5.91 Å². The molecule has 0 atom stereocenters. The lowest BCUT2D eigenvalue weighted by molar-refractivity contribution is -0.117. The Hall–Kier alpha value is -2.82. The van der Waals surface area contributed by atoms with Crippen LogP contribution in [0.2, 0.25) is 0 Å². The van der Waals surface area contributed by atoms with Crippen LogP contribution in [0.3, 0.4) is 0 Å². The standard InChI is InChI=1S/C19H20N2O3/c1-13-9-10-17(24-2)15(12-13)20-19(23)14-6-3-4-7-16(14)21-11-5-8-18(21)22/h3-4,6-7,9-10,12H,5,8,11H2,1-2H3,(H,20,23). The van der Waals surface area contributed by atoms with Crippen LogP contribution in [0.15, 0.2) is 42.5 Å². The highest BCUT2D eigenvalue weighted by atomic mass is 16.5. The van der Waals surface area contributed by atoms with Gasteiger partial charge in [-0.25, -0.2) is 0 Å². The van der Waals surface area contributed by atoms with Gasteiger partial charge < -0.3 is 15.0 Å². The highest BCUT2D eigenvalue weighted by Gasteiger charge is 2.25. The zero-order valence-corrected chi connectivity index (χ0v) is 13.8. The summed E-state index contributed by atoms with van der Waals surface area (Å²) in [6.45, 7) is 2.60. The number of rotatable bonds is 4. The third-order valence-electron chi connectivity index (χ3n) is 4.12. The minimum absolute atomic E-state index is 0.0587. The first-order chi connectivity index (χ1) is 11.6. The number of benzene rings is 2. The summed E-state index contributed by atoms with van der Waals surface area (Å²) in [7, 11) is 1.57. The van der Waals surface area contributed by atoms with Gasteiger partial charge in [0.05, 0.1) is 24.0 Å². The van der Waals surface area contributed by atoms with E-state index >= 15 is 0 Å². The van der Waals surface area contributed by atoms with Crippen LogP contribution in [-0.2, 0) is 4.79 Å². The highest BCUT2D eigenvalue weighted by molar-refractivity contribution is 6.11. The quantitative estimate of drug-likeness (QED) is 0.938. The van der Waals surface area contributed by atoms with Crippen molar-refractivity contribution in [1.29, 1.82) is 0 Å². The molecule has 1 fully saturated rings. The zero-order chi connectivity index (χ0) is 17.1. The van der Waals surface area contributed by atoms with E-state index < -0.39 is 0 Å². The number of aryl methyl sites for hydroxylation is 1. The minimum atomic E-state index is -0.255. The van der Waals surface area contributed by atoms with Gasteiger partial charge in [-0.1, -0.05) is 18.2 Å². The van der Waals surface area contributed by atoms with Crippen LogP contribution in [0, 0.1) is 6.92 Å². The first-order valence-corrected chi connectivity index (χ1v) is 7.95. The molecular formula is C19H20N2O3. The first kappa shape index (κ1) is 16.1. The minimum Gasteiger partial charge on any atom is -0.495 e. The van der Waals surface area contributed by atoms with Crippen LogP contribution in [-0.4, -0.2) is 25.5 Å². The summed E-state index contributed by atoms with van der Waals surface area (Å²) in [5.74, 6) is 0.404. The molecule has 0 aliphatic carbocycles. The van der Waals surface area contributed by atoms with Crippen LogP contribution in [0.1, 0.15) is 28.8 Å². The van der Waals surface area contributed by atoms with Gasteiger partial charge in [-0.15, -0.1) is 0 Å². The van der Waals surface area contributed by atoms with E-state index in [2.05, 4.69) is 5.32 Å². The van der Waals surface area contributed by atoms with Crippen molar-refractivity contribution < 1.29 is 14.3 Å². The molecule has 2 amide bonds. The normalized spacial score (nSPS) is 13.9. The number of carbonyl (C=O) groups excluding carboxylic acids is 2. The average molecular weight is 324 g/mol. The van der Waals surface area contributed by atoms with Gasteiger partial charge in [0.1, 0.15) is 5.75 Å². The summed E-state index contributed by atoms with van der Waals surface area (Å²) in [6.07, 6.45) is 1.35. The summed E-state index contributed by atoms with van der Waals surface area (Å²) < 4.78 is 5.30. The highest BCUT2D eigenvalue weighted by Crippen LogP contribution is 2.29. The fourth-order valence-electron chi connectivity index (χ4n) is 2.91. The van der Waals surface area contributed by atoms with E-state index in [1.165, 1.54) is 0 Å². The second-order valence-electron chi connectivity index (χ2n) is 5.82. The summed E-state index contributed by atoms with van der Waals surface area (Å²) >= 11 is 0. The number of hydrogen-bond donors (Lipinski definition) is 1. The number of anilines is 2. The van der Waals surface area contributed by atoms with E-state index in [9.17, 15) is 9.59 Å². The molecule has 1 saturated heterocycles. The van der Waals surface area contributed by atoms with Gasteiger partial charge in [-0.05, 0) is 43.2 Å². The number of ether oxygens (including phenoxy) is 1.